The molecule has 0 aliphatic heterocycles. The number of aliphatic carboxylic acids is 1. The van der Waals surface area contributed by atoms with Crippen LogP contribution in [0.25, 0.3) is 10.9 Å². The second-order valence-corrected chi connectivity index (χ2v) is 4.28. The Balaban J connectivity index is 2.18. The highest BCUT2D eigenvalue weighted by Gasteiger charge is 2.16. The molecule has 0 saturated heterocycles. The zero-order valence-electron chi connectivity index (χ0n) is 10.2. The van der Waals surface area contributed by atoms with E-state index < -0.39 is 23.7 Å². The SMILES string of the molecule is C[C@H](NC(=O)Cc1c[nH]c2cccc(F)c12)C(=O)O. The third kappa shape index (κ3) is 2.73. The van der Waals surface area contributed by atoms with Crippen LogP contribution in [0.2, 0.25) is 0 Å². The molecular weight excluding hydrogens is 251 g/mol. The van der Waals surface area contributed by atoms with Crippen molar-refractivity contribution < 1.29 is 19.1 Å². The van der Waals surface area contributed by atoms with Gasteiger partial charge in [0.1, 0.15) is 11.9 Å². The van der Waals surface area contributed by atoms with E-state index in [2.05, 4.69) is 10.3 Å². The number of aromatic nitrogens is 1. The van der Waals surface area contributed by atoms with Gasteiger partial charge in [0.25, 0.3) is 0 Å². The number of halogens is 1. The first-order chi connectivity index (χ1) is 8.99. The lowest BCUT2D eigenvalue weighted by atomic mass is 10.1. The number of nitrogens with one attached hydrogen (secondary N) is 2. The molecule has 1 heterocycles. The molecule has 3 N–H and O–H groups in total. The first-order valence-electron chi connectivity index (χ1n) is 5.75. The van der Waals surface area contributed by atoms with Crippen molar-refractivity contribution in [3.05, 3.63) is 35.8 Å². The smallest absolute Gasteiger partial charge is 0.325 e. The summed E-state index contributed by atoms with van der Waals surface area (Å²) >= 11 is 0. The Bertz CT molecular complexity index is 636. The van der Waals surface area contributed by atoms with E-state index in [0.717, 1.165) is 0 Å². The zero-order chi connectivity index (χ0) is 14.0. The van der Waals surface area contributed by atoms with Crippen molar-refractivity contribution in [3.63, 3.8) is 0 Å². The molecule has 1 atom stereocenters. The molecule has 1 aromatic heterocycles. The summed E-state index contributed by atoms with van der Waals surface area (Å²) in [6, 6.07) is 3.63. The van der Waals surface area contributed by atoms with Gasteiger partial charge in [-0.05, 0) is 24.6 Å². The predicted octanol–water partition coefficient (Wildman–Crippen LogP) is 1.44. The number of rotatable bonds is 4. The molecule has 1 amide bonds. The Hall–Kier alpha value is -2.37. The average Bonchev–Trinajstić information content (AvgIpc) is 2.73. The van der Waals surface area contributed by atoms with E-state index in [1.807, 2.05) is 0 Å². The van der Waals surface area contributed by atoms with E-state index >= 15 is 0 Å². The highest BCUT2D eigenvalue weighted by atomic mass is 19.1. The standard InChI is InChI=1S/C13H13FN2O3/c1-7(13(18)19)16-11(17)5-8-6-15-10-4-2-3-9(14)12(8)10/h2-4,6-7,15H,5H2,1H3,(H,16,17)(H,18,19)/t7-/m0/s1. The molecule has 0 aliphatic rings. The molecule has 0 fully saturated rings. The van der Waals surface area contributed by atoms with E-state index in [-0.39, 0.29) is 6.42 Å². The fourth-order valence-electron chi connectivity index (χ4n) is 1.87. The van der Waals surface area contributed by atoms with Crippen LogP contribution in [0, 0.1) is 5.82 Å². The van der Waals surface area contributed by atoms with Crippen LogP contribution in [0.1, 0.15) is 12.5 Å². The number of carbonyl (C=O) groups is 2. The van der Waals surface area contributed by atoms with Gasteiger partial charge in [-0.25, -0.2) is 4.39 Å². The Morgan fingerprint density at radius 3 is 2.89 bits per heavy atom. The number of aromatic amines is 1. The summed E-state index contributed by atoms with van der Waals surface area (Å²) in [6.07, 6.45) is 1.48. The summed E-state index contributed by atoms with van der Waals surface area (Å²) in [7, 11) is 0. The van der Waals surface area contributed by atoms with Gasteiger partial charge in [0.05, 0.1) is 6.42 Å². The summed E-state index contributed by atoms with van der Waals surface area (Å²) in [6.45, 7) is 1.37. The third-order valence-electron chi connectivity index (χ3n) is 2.84. The lowest BCUT2D eigenvalue weighted by molar-refractivity contribution is -0.141. The molecule has 0 unspecified atom stereocenters. The summed E-state index contributed by atoms with van der Waals surface area (Å²) in [5.74, 6) is -1.98. The molecule has 0 aliphatic carbocycles. The van der Waals surface area contributed by atoms with E-state index in [0.29, 0.717) is 16.5 Å². The number of hydrogen-bond acceptors (Lipinski definition) is 2. The molecule has 2 aromatic rings. The Labute approximate surface area is 108 Å². The lowest BCUT2D eigenvalue weighted by Gasteiger charge is -2.08. The summed E-state index contributed by atoms with van der Waals surface area (Å²) < 4.78 is 13.7. The molecule has 0 spiro atoms. The zero-order valence-corrected chi connectivity index (χ0v) is 10.2. The maximum atomic E-state index is 13.7. The maximum Gasteiger partial charge on any atom is 0.325 e. The molecule has 0 radical (unpaired) electrons. The summed E-state index contributed by atoms with van der Waals surface area (Å²) in [5.41, 5.74) is 1.11. The topological polar surface area (TPSA) is 82.2 Å². The van der Waals surface area contributed by atoms with Gasteiger partial charge in [0.15, 0.2) is 0 Å². The Morgan fingerprint density at radius 2 is 2.21 bits per heavy atom. The molecule has 2 rings (SSSR count). The molecule has 0 saturated carbocycles. The molecule has 100 valence electrons. The van der Waals surface area contributed by atoms with Gasteiger partial charge < -0.3 is 15.4 Å². The maximum absolute atomic E-state index is 13.7. The van der Waals surface area contributed by atoms with Crippen LogP contribution < -0.4 is 5.32 Å². The number of fused-ring (bicyclic) bond motifs is 1. The van der Waals surface area contributed by atoms with Crippen molar-refractivity contribution in [2.75, 3.05) is 0 Å². The van der Waals surface area contributed by atoms with Gasteiger partial charge in [-0.3, -0.25) is 9.59 Å². The van der Waals surface area contributed by atoms with Crippen molar-refractivity contribution >= 4 is 22.8 Å². The molecule has 5 nitrogen and oxygen atoms in total. The van der Waals surface area contributed by atoms with Crippen molar-refractivity contribution in [2.24, 2.45) is 0 Å². The van der Waals surface area contributed by atoms with Crippen molar-refractivity contribution in [2.45, 2.75) is 19.4 Å². The van der Waals surface area contributed by atoms with Crippen LogP contribution in [0.15, 0.2) is 24.4 Å². The van der Waals surface area contributed by atoms with Crippen LogP contribution in [-0.4, -0.2) is 28.0 Å². The third-order valence-corrected chi connectivity index (χ3v) is 2.84. The van der Waals surface area contributed by atoms with Crippen LogP contribution >= 0.6 is 0 Å². The first kappa shape index (κ1) is 13.1. The molecule has 6 heteroatoms. The molecule has 1 aromatic carbocycles. The molecule has 0 bridgehead atoms. The number of carboxylic acids is 1. The van der Waals surface area contributed by atoms with E-state index in [1.54, 1.807) is 18.3 Å². The summed E-state index contributed by atoms with van der Waals surface area (Å²) in [5, 5.41) is 11.4. The number of H-pyrrole nitrogens is 1. The van der Waals surface area contributed by atoms with Crippen LogP contribution in [-0.2, 0) is 16.0 Å². The van der Waals surface area contributed by atoms with Gasteiger partial charge >= 0.3 is 5.97 Å². The molecule has 19 heavy (non-hydrogen) atoms. The van der Waals surface area contributed by atoms with Crippen LogP contribution in [0.4, 0.5) is 4.39 Å². The van der Waals surface area contributed by atoms with Crippen LogP contribution in [0.3, 0.4) is 0 Å². The predicted molar refractivity (Wildman–Crippen MR) is 67.2 cm³/mol. The average molecular weight is 264 g/mol. The van der Waals surface area contributed by atoms with Gasteiger partial charge in [0.2, 0.25) is 5.91 Å². The first-order valence-corrected chi connectivity index (χ1v) is 5.75. The van der Waals surface area contributed by atoms with E-state index in [1.165, 1.54) is 13.0 Å². The van der Waals surface area contributed by atoms with Crippen molar-refractivity contribution in [3.8, 4) is 0 Å². The van der Waals surface area contributed by atoms with Gasteiger partial charge in [0, 0.05) is 17.1 Å². The highest BCUT2D eigenvalue weighted by Crippen LogP contribution is 2.21. The molecular formula is C13H13FN2O3. The number of benzene rings is 1. The second-order valence-electron chi connectivity index (χ2n) is 4.28. The fraction of sp³-hybridized carbons (Fsp3) is 0.231. The minimum absolute atomic E-state index is 0.0709. The lowest BCUT2D eigenvalue weighted by Crippen LogP contribution is -2.39. The second kappa shape index (κ2) is 5.09. The van der Waals surface area contributed by atoms with Crippen molar-refractivity contribution in [1.82, 2.24) is 10.3 Å². The Morgan fingerprint density at radius 1 is 1.47 bits per heavy atom. The van der Waals surface area contributed by atoms with Gasteiger partial charge in [-0.1, -0.05) is 6.07 Å². The minimum Gasteiger partial charge on any atom is -0.480 e. The van der Waals surface area contributed by atoms with Crippen molar-refractivity contribution in [1.29, 1.82) is 0 Å². The number of carboxylic acid groups (broad SMARTS) is 1. The quantitative estimate of drug-likeness (QED) is 0.781. The van der Waals surface area contributed by atoms with Crippen LogP contribution in [0.5, 0.6) is 0 Å². The van der Waals surface area contributed by atoms with E-state index in [9.17, 15) is 14.0 Å². The fourth-order valence-corrected chi connectivity index (χ4v) is 1.87. The summed E-state index contributed by atoms with van der Waals surface area (Å²) in [4.78, 5) is 25.2. The number of amides is 1. The van der Waals surface area contributed by atoms with Gasteiger partial charge in [-0.2, -0.15) is 0 Å². The van der Waals surface area contributed by atoms with Gasteiger partial charge in [-0.15, -0.1) is 0 Å². The normalized spacial score (nSPS) is 12.3. The highest BCUT2D eigenvalue weighted by molar-refractivity contribution is 5.90. The number of carbonyl (C=O) groups excluding carboxylic acids is 1. The largest absolute Gasteiger partial charge is 0.480 e. The minimum atomic E-state index is -1.11. The monoisotopic (exact) mass is 264 g/mol. The van der Waals surface area contributed by atoms with E-state index in [4.69, 9.17) is 5.11 Å². The number of hydrogen-bond donors (Lipinski definition) is 3. The Kier molecular flexibility index (Phi) is 3.50.